The van der Waals surface area contributed by atoms with E-state index in [-0.39, 0.29) is 17.3 Å². The lowest BCUT2D eigenvalue weighted by Gasteiger charge is -2.58. The molecule has 1 heterocycles. The zero-order chi connectivity index (χ0) is 17.1. The van der Waals surface area contributed by atoms with Crippen molar-refractivity contribution in [1.29, 1.82) is 0 Å². The largest absolute Gasteiger partial charge is 0.508 e. The number of nitrogens with zero attached hydrogens (tertiary/aromatic N) is 1. The van der Waals surface area contributed by atoms with E-state index in [1.807, 2.05) is 6.07 Å². The van der Waals surface area contributed by atoms with Crippen molar-refractivity contribution in [2.24, 2.45) is 5.92 Å². The maximum Gasteiger partial charge on any atom is 0.162 e. The van der Waals surface area contributed by atoms with Gasteiger partial charge in [0, 0.05) is 31.1 Å². The normalized spacial score (nSPS) is 35.3. The van der Waals surface area contributed by atoms with Crippen molar-refractivity contribution >= 4 is 5.78 Å². The summed E-state index contributed by atoms with van der Waals surface area (Å²) in [5.41, 5.74) is 1.92. The molecular formula is C19H25NO4. The molecule has 1 aromatic rings. The van der Waals surface area contributed by atoms with Crippen LogP contribution in [-0.2, 0) is 21.4 Å². The molecule has 0 radical (unpaired) electrons. The number of Topliss-reactive ketones (excluding diaryl/α,β-unsaturated/α-hetero) is 1. The minimum atomic E-state index is -0.294. The van der Waals surface area contributed by atoms with E-state index in [9.17, 15) is 9.90 Å². The number of piperidine rings is 1. The molecule has 1 saturated heterocycles. The molecule has 4 rings (SSSR count). The second kappa shape index (κ2) is 5.46. The summed E-state index contributed by atoms with van der Waals surface area (Å²) >= 11 is 0. The highest BCUT2D eigenvalue weighted by Crippen LogP contribution is 2.56. The monoisotopic (exact) mass is 331 g/mol. The van der Waals surface area contributed by atoms with Crippen molar-refractivity contribution < 1.29 is 19.4 Å². The Morgan fingerprint density at radius 3 is 2.83 bits per heavy atom. The molecule has 5 nitrogen and oxygen atoms in total. The molecule has 0 aromatic heterocycles. The van der Waals surface area contributed by atoms with Gasteiger partial charge in [0.15, 0.2) is 5.78 Å². The number of hydrogen-bond donors (Lipinski definition) is 1. The fourth-order valence-electron chi connectivity index (χ4n) is 5.36. The zero-order valence-corrected chi connectivity index (χ0v) is 14.5. The number of likely N-dealkylation sites (tertiary alicyclic amines) is 1. The van der Waals surface area contributed by atoms with Crippen LogP contribution in [0.5, 0.6) is 11.5 Å². The van der Waals surface area contributed by atoms with Crippen LogP contribution in [0.1, 0.15) is 30.4 Å². The smallest absolute Gasteiger partial charge is 0.162 e. The van der Waals surface area contributed by atoms with Gasteiger partial charge in [-0.25, -0.2) is 0 Å². The number of rotatable bonds is 2. The topological polar surface area (TPSA) is 59.0 Å². The van der Waals surface area contributed by atoms with Gasteiger partial charge in [0.1, 0.15) is 17.6 Å². The molecule has 2 bridgehead atoms. The van der Waals surface area contributed by atoms with Crippen LogP contribution in [0.2, 0.25) is 0 Å². The van der Waals surface area contributed by atoms with Crippen LogP contribution in [0.3, 0.4) is 0 Å². The van der Waals surface area contributed by atoms with Gasteiger partial charge in [0.2, 0.25) is 0 Å². The number of hydrogen-bond acceptors (Lipinski definition) is 5. The van der Waals surface area contributed by atoms with Crippen LogP contribution in [0, 0.1) is 5.92 Å². The van der Waals surface area contributed by atoms with Gasteiger partial charge in [-0.1, -0.05) is 0 Å². The highest BCUT2D eigenvalue weighted by Gasteiger charge is 2.57. The summed E-state index contributed by atoms with van der Waals surface area (Å²) in [5, 5.41) is 10.6. The lowest BCUT2D eigenvalue weighted by molar-refractivity contribution is -0.141. The van der Waals surface area contributed by atoms with Crippen molar-refractivity contribution in [2.75, 3.05) is 27.8 Å². The van der Waals surface area contributed by atoms with Crippen molar-refractivity contribution in [2.45, 2.75) is 43.2 Å². The fraction of sp³-hybridized carbons (Fsp3) is 0.632. The Hall–Kier alpha value is -1.59. The first-order valence-corrected chi connectivity index (χ1v) is 8.66. The van der Waals surface area contributed by atoms with E-state index in [4.69, 9.17) is 9.47 Å². The molecule has 0 amide bonds. The van der Waals surface area contributed by atoms with Crippen LogP contribution in [0.15, 0.2) is 12.1 Å². The first kappa shape index (κ1) is 15.9. The van der Waals surface area contributed by atoms with Crippen molar-refractivity contribution in [1.82, 2.24) is 4.90 Å². The van der Waals surface area contributed by atoms with E-state index < -0.39 is 0 Å². The summed E-state index contributed by atoms with van der Waals surface area (Å²) in [6.07, 6.45) is 2.73. The number of ether oxygens (including phenoxy) is 2. The molecule has 2 aliphatic carbocycles. The summed E-state index contributed by atoms with van der Waals surface area (Å²) in [6, 6.07) is 4.08. The highest BCUT2D eigenvalue weighted by atomic mass is 16.5. The molecule has 5 heteroatoms. The molecule has 1 N–H and O–H groups in total. The second-order valence-corrected chi connectivity index (χ2v) is 7.54. The van der Waals surface area contributed by atoms with E-state index in [1.54, 1.807) is 20.3 Å². The highest BCUT2D eigenvalue weighted by molar-refractivity contribution is 5.86. The number of phenols is 1. The van der Waals surface area contributed by atoms with Gasteiger partial charge in [-0.05, 0) is 56.0 Å². The SMILES string of the molecule is COc1cc(O)c2c(c1)[C@]13CCN(C)[C@H](C2)[C@@H]1CC(OC)C(=O)C3. The van der Waals surface area contributed by atoms with E-state index in [0.717, 1.165) is 36.9 Å². The third-order valence-corrected chi connectivity index (χ3v) is 6.64. The van der Waals surface area contributed by atoms with Crippen LogP contribution in [-0.4, -0.2) is 55.7 Å². The summed E-state index contributed by atoms with van der Waals surface area (Å²) in [7, 11) is 5.40. The first-order chi connectivity index (χ1) is 11.5. The van der Waals surface area contributed by atoms with Crippen molar-refractivity contribution in [3.63, 3.8) is 0 Å². The van der Waals surface area contributed by atoms with Crippen LogP contribution >= 0.6 is 0 Å². The van der Waals surface area contributed by atoms with Crippen molar-refractivity contribution in [3.8, 4) is 11.5 Å². The van der Waals surface area contributed by atoms with Gasteiger partial charge in [-0.15, -0.1) is 0 Å². The van der Waals surface area contributed by atoms with E-state index in [2.05, 4.69) is 11.9 Å². The lowest BCUT2D eigenvalue weighted by atomic mass is 9.51. The average molecular weight is 331 g/mol. The zero-order valence-electron chi connectivity index (χ0n) is 14.5. The number of ketones is 1. The molecule has 4 atom stereocenters. The first-order valence-electron chi connectivity index (χ1n) is 8.66. The summed E-state index contributed by atoms with van der Waals surface area (Å²) in [6.45, 7) is 0.976. The number of methoxy groups -OCH3 is 2. The predicted molar refractivity (Wildman–Crippen MR) is 89.6 cm³/mol. The molecular weight excluding hydrogens is 306 g/mol. The van der Waals surface area contributed by atoms with Gasteiger partial charge in [0.05, 0.1) is 7.11 Å². The third kappa shape index (κ3) is 2.04. The molecule has 1 aliphatic heterocycles. The molecule has 24 heavy (non-hydrogen) atoms. The molecule has 2 fully saturated rings. The molecule has 1 unspecified atom stereocenters. The number of fused-ring (bicyclic) bond motifs is 1. The Morgan fingerprint density at radius 1 is 1.33 bits per heavy atom. The number of aromatic hydroxyl groups is 1. The number of benzene rings is 1. The van der Waals surface area contributed by atoms with Crippen molar-refractivity contribution in [3.05, 3.63) is 23.3 Å². The number of phenolic OH excluding ortho intramolecular Hbond substituents is 1. The van der Waals surface area contributed by atoms with Gasteiger partial charge in [-0.3, -0.25) is 4.79 Å². The number of carbonyl (C=O) groups is 1. The summed E-state index contributed by atoms with van der Waals surface area (Å²) in [5.74, 6) is 1.52. The summed E-state index contributed by atoms with van der Waals surface area (Å²) in [4.78, 5) is 15.1. The van der Waals surface area contributed by atoms with Gasteiger partial charge < -0.3 is 19.5 Å². The van der Waals surface area contributed by atoms with Gasteiger partial charge in [-0.2, -0.15) is 0 Å². The van der Waals surface area contributed by atoms with Gasteiger partial charge in [0.25, 0.3) is 0 Å². The maximum absolute atomic E-state index is 12.7. The maximum atomic E-state index is 12.7. The summed E-state index contributed by atoms with van der Waals surface area (Å²) < 4.78 is 10.8. The van der Waals surface area contributed by atoms with E-state index in [1.165, 1.54) is 0 Å². The third-order valence-electron chi connectivity index (χ3n) is 6.64. The van der Waals surface area contributed by atoms with E-state index in [0.29, 0.717) is 29.9 Å². The van der Waals surface area contributed by atoms with Crippen LogP contribution < -0.4 is 4.74 Å². The average Bonchev–Trinajstić information content (AvgIpc) is 2.57. The fourth-order valence-corrected chi connectivity index (χ4v) is 5.36. The molecule has 1 aromatic carbocycles. The number of carbonyl (C=O) groups excluding carboxylic acids is 1. The van der Waals surface area contributed by atoms with Crippen LogP contribution in [0.4, 0.5) is 0 Å². The standard InChI is InChI=1S/C19H25NO4/c1-20-5-4-19-10-17(22)18(24-3)9-14(19)15(20)8-12-13(19)6-11(23-2)7-16(12)21/h6-7,14-15,18,21H,4-5,8-10H2,1-3H3/t14-,15+,18?,19+/m0/s1. The molecule has 1 saturated carbocycles. The minimum absolute atomic E-state index is 0.187. The predicted octanol–water partition coefficient (Wildman–Crippen LogP) is 1.89. The minimum Gasteiger partial charge on any atom is -0.508 e. The van der Waals surface area contributed by atoms with Crippen LogP contribution in [0.25, 0.3) is 0 Å². The Balaban J connectivity index is 1.90. The van der Waals surface area contributed by atoms with E-state index >= 15 is 0 Å². The number of likely N-dealkylation sites (N-methyl/N-ethyl adjacent to an activating group) is 1. The second-order valence-electron chi connectivity index (χ2n) is 7.54. The Labute approximate surface area is 142 Å². The Bertz CT molecular complexity index is 688. The van der Waals surface area contributed by atoms with Gasteiger partial charge >= 0.3 is 0 Å². The quantitative estimate of drug-likeness (QED) is 0.897. The molecule has 3 aliphatic rings. The molecule has 130 valence electrons. The molecule has 0 spiro atoms. The lowest BCUT2D eigenvalue weighted by Crippen LogP contribution is -2.63. The Kier molecular flexibility index (Phi) is 3.62. The Morgan fingerprint density at radius 2 is 2.12 bits per heavy atom.